The predicted octanol–water partition coefficient (Wildman–Crippen LogP) is 3.60. The summed E-state index contributed by atoms with van der Waals surface area (Å²) in [6, 6.07) is 18.4. The summed E-state index contributed by atoms with van der Waals surface area (Å²) in [6.07, 6.45) is 8.39. The van der Waals surface area contributed by atoms with E-state index in [0.717, 1.165) is 11.3 Å². The maximum Gasteiger partial charge on any atom is 0.210 e. The number of fused-ring (bicyclic) bond motifs is 1. The first-order valence-electron chi connectivity index (χ1n) is 6.57. The van der Waals surface area contributed by atoms with Gasteiger partial charge in [0.05, 0.1) is 7.11 Å². The molecule has 0 fully saturated rings. The number of aromatic nitrogens is 1. The van der Waals surface area contributed by atoms with Crippen LogP contribution in [0.2, 0.25) is 0 Å². The number of methoxy groups -OCH3 is 1. The summed E-state index contributed by atoms with van der Waals surface area (Å²) in [5, 5.41) is 0. The highest BCUT2D eigenvalue weighted by atomic mass is 16.5. The van der Waals surface area contributed by atoms with E-state index in [1.54, 1.807) is 7.11 Å². The Morgan fingerprint density at radius 2 is 1.60 bits per heavy atom. The van der Waals surface area contributed by atoms with Crippen molar-refractivity contribution >= 4 is 17.7 Å². The molecule has 0 N–H and O–H groups in total. The molecule has 2 heterocycles. The van der Waals surface area contributed by atoms with Gasteiger partial charge in [-0.05, 0) is 35.9 Å². The van der Waals surface area contributed by atoms with E-state index in [1.165, 1.54) is 11.1 Å². The fraction of sp³-hybridized carbons (Fsp3) is 0.0556. The van der Waals surface area contributed by atoms with Crippen molar-refractivity contribution in [3.63, 3.8) is 0 Å². The smallest absolute Gasteiger partial charge is 0.210 e. The van der Waals surface area contributed by atoms with Crippen LogP contribution in [-0.2, 0) is 0 Å². The van der Waals surface area contributed by atoms with Crippen LogP contribution in [0.15, 0.2) is 67.0 Å². The zero-order valence-electron chi connectivity index (χ0n) is 11.4. The Kier molecular flexibility index (Phi) is 3.46. The van der Waals surface area contributed by atoms with E-state index in [4.69, 9.17) is 4.74 Å². The van der Waals surface area contributed by atoms with Gasteiger partial charge in [0.2, 0.25) is 5.52 Å². The summed E-state index contributed by atoms with van der Waals surface area (Å²) >= 11 is 0. The minimum absolute atomic E-state index is 0.878. The van der Waals surface area contributed by atoms with Crippen LogP contribution in [0.25, 0.3) is 17.7 Å². The van der Waals surface area contributed by atoms with Crippen molar-refractivity contribution in [1.82, 2.24) is 0 Å². The minimum Gasteiger partial charge on any atom is -0.497 e. The summed E-state index contributed by atoms with van der Waals surface area (Å²) in [6.45, 7) is 0. The lowest BCUT2D eigenvalue weighted by molar-refractivity contribution is -0.512. The molecule has 0 aliphatic heterocycles. The number of nitrogens with zero attached hydrogens (tertiary/aromatic N) is 1. The van der Waals surface area contributed by atoms with Gasteiger partial charge in [-0.1, -0.05) is 18.2 Å². The van der Waals surface area contributed by atoms with Crippen LogP contribution in [0.3, 0.4) is 0 Å². The third kappa shape index (κ3) is 2.69. The minimum atomic E-state index is 0.878. The summed E-state index contributed by atoms with van der Waals surface area (Å²) < 4.78 is 7.27. The highest BCUT2D eigenvalue weighted by Gasteiger charge is 2.00. The average molecular weight is 262 g/mol. The van der Waals surface area contributed by atoms with Crippen molar-refractivity contribution in [2.24, 2.45) is 0 Å². The van der Waals surface area contributed by atoms with Gasteiger partial charge in [-0.3, -0.25) is 0 Å². The van der Waals surface area contributed by atoms with E-state index in [0.29, 0.717) is 0 Å². The molecule has 0 saturated carbocycles. The van der Waals surface area contributed by atoms with Gasteiger partial charge in [0.1, 0.15) is 5.75 Å². The van der Waals surface area contributed by atoms with Gasteiger partial charge in [0, 0.05) is 23.8 Å². The number of hydrogen-bond acceptors (Lipinski definition) is 1. The van der Waals surface area contributed by atoms with Crippen LogP contribution < -0.4 is 9.14 Å². The topological polar surface area (TPSA) is 13.3 Å². The van der Waals surface area contributed by atoms with Gasteiger partial charge >= 0.3 is 0 Å². The molecule has 3 rings (SSSR count). The molecule has 0 spiro atoms. The van der Waals surface area contributed by atoms with Crippen LogP contribution in [0, 0.1) is 0 Å². The van der Waals surface area contributed by atoms with Gasteiger partial charge in [-0.15, -0.1) is 0 Å². The molecule has 2 aromatic heterocycles. The van der Waals surface area contributed by atoms with Gasteiger partial charge in [0.25, 0.3) is 0 Å². The third-order valence-electron chi connectivity index (χ3n) is 3.24. The van der Waals surface area contributed by atoms with Gasteiger partial charge in [-0.25, -0.2) is 0 Å². The Hall–Kier alpha value is -2.61. The Morgan fingerprint density at radius 3 is 2.40 bits per heavy atom. The second-order valence-corrected chi connectivity index (χ2v) is 4.60. The fourth-order valence-corrected chi connectivity index (χ4v) is 2.12. The molecule has 0 aliphatic carbocycles. The molecule has 2 heteroatoms. The van der Waals surface area contributed by atoms with E-state index >= 15 is 0 Å². The standard InChI is InChI=1S/C18H16NO/c1-20-18-11-8-15(9-12-18)5-6-16-7-10-17-4-2-3-13-19(17)14-16/h2-14H,1H3/q+1/b6-5+. The molecule has 0 atom stereocenters. The summed E-state index contributed by atoms with van der Waals surface area (Å²) in [4.78, 5) is 0. The van der Waals surface area contributed by atoms with Crippen LogP contribution in [0.4, 0.5) is 0 Å². The molecule has 0 unspecified atom stereocenters. The maximum absolute atomic E-state index is 5.15. The monoisotopic (exact) mass is 262 g/mol. The number of pyridine rings is 2. The largest absolute Gasteiger partial charge is 0.497 e. The Morgan fingerprint density at radius 1 is 0.850 bits per heavy atom. The molecule has 98 valence electrons. The van der Waals surface area contributed by atoms with E-state index in [9.17, 15) is 0 Å². The first-order chi connectivity index (χ1) is 9.85. The first kappa shape index (κ1) is 12.4. The van der Waals surface area contributed by atoms with Crippen molar-refractivity contribution in [2.45, 2.75) is 0 Å². The number of hydrogen-bond donors (Lipinski definition) is 0. The van der Waals surface area contributed by atoms with Crippen molar-refractivity contribution in [3.05, 3.63) is 78.1 Å². The Labute approximate surface area is 118 Å². The molecule has 20 heavy (non-hydrogen) atoms. The van der Waals surface area contributed by atoms with Crippen molar-refractivity contribution in [1.29, 1.82) is 0 Å². The number of benzene rings is 1. The highest BCUT2D eigenvalue weighted by Crippen LogP contribution is 2.13. The van der Waals surface area contributed by atoms with Crippen LogP contribution in [-0.4, -0.2) is 7.11 Å². The Balaban J connectivity index is 1.85. The molecule has 0 bridgehead atoms. The molecule has 3 aromatic rings. The molecule has 0 amide bonds. The van der Waals surface area contributed by atoms with E-state index in [-0.39, 0.29) is 0 Å². The van der Waals surface area contributed by atoms with Crippen molar-refractivity contribution in [3.8, 4) is 5.75 Å². The molecule has 0 aliphatic rings. The zero-order chi connectivity index (χ0) is 13.8. The lowest BCUT2D eigenvalue weighted by atomic mass is 10.1. The normalized spacial score (nSPS) is 11.1. The number of rotatable bonds is 3. The number of ether oxygens (including phenoxy) is 1. The first-order valence-corrected chi connectivity index (χ1v) is 6.57. The highest BCUT2D eigenvalue weighted by molar-refractivity contribution is 5.69. The van der Waals surface area contributed by atoms with Gasteiger partial charge in [0.15, 0.2) is 12.4 Å². The van der Waals surface area contributed by atoms with Crippen LogP contribution in [0.5, 0.6) is 5.75 Å². The van der Waals surface area contributed by atoms with Gasteiger partial charge < -0.3 is 4.74 Å². The Bertz CT molecular complexity index is 745. The lowest BCUT2D eigenvalue weighted by Gasteiger charge is -1.99. The van der Waals surface area contributed by atoms with Crippen molar-refractivity contribution < 1.29 is 9.14 Å². The second-order valence-electron chi connectivity index (χ2n) is 4.60. The molecule has 2 nitrogen and oxygen atoms in total. The molecule has 0 radical (unpaired) electrons. The SMILES string of the molecule is COc1ccc(/C=C/c2ccc3cccc[n+]3c2)cc1. The molecular formula is C18H16NO+. The van der Waals surface area contributed by atoms with Crippen molar-refractivity contribution in [2.75, 3.05) is 7.11 Å². The zero-order valence-corrected chi connectivity index (χ0v) is 11.4. The third-order valence-corrected chi connectivity index (χ3v) is 3.24. The fourth-order valence-electron chi connectivity index (χ4n) is 2.12. The quantitative estimate of drug-likeness (QED) is 0.657. The summed E-state index contributed by atoms with van der Waals surface area (Å²) in [5.74, 6) is 0.878. The van der Waals surface area contributed by atoms with E-state index < -0.39 is 0 Å². The molecule has 0 saturated heterocycles. The summed E-state index contributed by atoms with van der Waals surface area (Å²) in [5.41, 5.74) is 3.52. The lowest BCUT2D eigenvalue weighted by Crippen LogP contribution is -2.20. The average Bonchev–Trinajstić information content (AvgIpc) is 2.53. The van der Waals surface area contributed by atoms with Crippen LogP contribution >= 0.6 is 0 Å². The molecular weight excluding hydrogens is 246 g/mol. The maximum atomic E-state index is 5.15. The van der Waals surface area contributed by atoms with Crippen LogP contribution in [0.1, 0.15) is 11.1 Å². The second kappa shape index (κ2) is 5.57. The van der Waals surface area contributed by atoms with E-state index in [1.807, 2.05) is 36.4 Å². The van der Waals surface area contributed by atoms with Gasteiger partial charge in [-0.2, -0.15) is 4.40 Å². The van der Waals surface area contributed by atoms with E-state index in [2.05, 4.69) is 47.1 Å². The predicted molar refractivity (Wildman–Crippen MR) is 81.5 cm³/mol. The molecule has 1 aromatic carbocycles. The summed E-state index contributed by atoms with van der Waals surface area (Å²) in [7, 11) is 1.68.